The quantitative estimate of drug-likeness (QED) is 0.276. The van der Waals surface area contributed by atoms with Crippen LogP contribution in [0.1, 0.15) is 17.2 Å². The molecule has 2 aromatic carbocycles. The van der Waals surface area contributed by atoms with Gasteiger partial charge in [0.2, 0.25) is 0 Å². The summed E-state index contributed by atoms with van der Waals surface area (Å²) in [6.45, 7) is -0.635. The van der Waals surface area contributed by atoms with Gasteiger partial charge in [-0.05, 0) is 17.7 Å². The molecule has 1 unspecified atom stereocenters. The molecular weight excluding hydrogens is 428 g/mol. The van der Waals surface area contributed by atoms with Gasteiger partial charge in [-0.15, -0.1) is 0 Å². The SMILES string of the molecule is OC[C@H]1OC(O[C@@H]2Cc3c(O)cc(O)cc3O[C@@H]2c2ccc(O)c(O)c2)[C@@H](O)[C@@H](O)[C@@H]1O. The summed E-state index contributed by atoms with van der Waals surface area (Å²) in [6.07, 6.45) is -9.41. The van der Waals surface area contributed by atoms with Gasteiger partial charge in [-0.1, -0.05) is 6.07 Å². The van der Waals surface area contributed by atoms with Crippen molar-refractivity contribution in [3.8, 4) is 28.7 Å². The molecule has 0 amide bonds. The van der Waals surface area contributed by atoms with Crippen LogP contribution in [0.3, 0.4) is 0 Å². The highest BCUT2D eigenvalue weighted by Crippen LogP contribution is 2.44. The van der Waals surface area contributed by atoms with E-state index in [0.717, 1.165) is 6.07 Å². The fourth-order valence-corrected chi connectivity index (χ4v) is 3.92. The molecule has 7 atom stereocenters. The first-order valence-corrected chi connectivity index (χ1v) is 9.89. The zero-order chi connectivity index (χ0) is 23.2. The molecular formula is C21H24O11. The lowest BCUT2D eigenvalue weighted by molar-refractivity contribution is -0.317. The molecule has 32 heavy (non-hydrogen) atoms. The first-order valence-electron chi connectivity index (χ1n) is 9.89. The van der Waals surface area contributed by atoms with Gasteiger partial charge in [0.15, 0.2) is 23.9 Å². The van der Waals surface area contributed by atoms with Crippen LogP contribution in [0.25, 0.3) is 0 Å². The molecule has 0 aliphatic carbocycles. The highest BCUT2D eigenvalue weighted by atomic mass is 16.7. The van der Waals surface area contributed by atoms with Gasteiger partial charge in [-0.2, -0.15) is 0 Å². The topological polar surface area (TPSA) is 190 Å². The largest absolute Gasteiger partial charge is 0.508 e. The van der Waals surface area contributed by atoms with Crippen molar-refractivity contribution in [3.63, 3.8) is 0 Å². The molecule has 2 aliphatic rings. The van der Waals surface area contributed by atoms with Crippen molar-refractivity contribution in [1.29, 1.82) is 0 Å². The molecule has 4 rings (SSSR count). The van der Waals surface area contributed by atoms with E-state index in [2.05, 4.69) is 0 Å². The molecule has 11 nitrogen and oxygen atoms in total. The van der Waals surface area contributed by atoms with Crippen LogP contribution in [0.15, 0.2) is 30.3 Å². The highest BCUT2D eigenvalue weighted by molar-refractivity contribution is 5.52. The maximum atomic E-state index is 10.3. The van der Waals surface area contributed by atoms with E-state index in [9.17, 15) is 40.9 Å². The van der Waals surface area contributed by atoms with Gasteiger partial charge < -0.3 is 55.1 Å². The zero-order valence-electron chi connectivity index (χ0n) is 16.6. The molecule has 11 heteroatoms. The van der Waals surface area contributed by atoms with Gasteiger partial charge in [-0.25, -0.2) is 0 Å². The minimum absolute atomic E-state index is 0.0166. The third-order valence-corrected chi connectivity index (χ3v) is 5.65. The third-order valence-electron chi connectivity index (χ3n) is 5.65. The highest BCUT2D eigenvalue weighted by Gasteiger charge is 2.46. The number of aliphatic hydroxyl groups excluding tert-OH is 4. The number of benzene rings is 2. The van der Waals surface area contributed by atoms with Crippen molar-refractivity contribution in [1.82, 2.24) is 0 Å². The van der Waals surface area contributed by atoms with Crippen molar-refractivity contribution in [2.75, 3.05) is 6.61 Å². The number of hydrogen-bond donors (Lipinski definition) is 8. The minimum atomic E-state index is -1.66. The lowest BCUT2D eigenvalue weighted by Crippen LogP contribution is -2.60. The van der Waals surface area contributed by atoms with Gasteiger partial charge >= 0.3 is 0 Å². The summed E-state index contributed by atoms with van der Waals surface area (Å²) in [7, 11) is 0. The molecule has 0 aromatic heterocycles. The van der Waals surface area contributed by atoms with Crippen LogP contribution < -0.4 is 4.74 Å². The predicted octanol–water partition coefficient (Wildman–Crippen LogP) is -0.630. The van der Waals surface area contributed by atoms with Gasteiger partial charge in [0.25, 0.3) is 0 Å². The molecule has 0 bridgehead atoms. The Kier molecular flexibility index (Phi) is 6.03. The summed E-state index contributed by atoms with van der Waals surface area (Å²) in [5, 5.41) is 79.4. The molecule has 1 fully saturated rings. The molecule has 0 spiro atoms. The van der Waals surface area contributed by atoms with Crippen LogP contribution in [0, 0.1) is 0 Å². The number of aromatic hydroxyl groups is 4. The van der Waals surface area contributed by atoms with Crippen LogP contribution >= 0.6 is 0 Å². The second kappa shape index (κ2) is 8.62. The Bertz CT molecular complexity index is 978. The Morgan fingerprint density at radius 1 is 0.875 bits per heavy atom. The molecule has 2 heterocycles. The molecule has 0 radical (unpaired) electrons. The number of rotatable bonds is 4. The van der Waals surface area contributed by atoms with Gasteiger partial charge in [0.1, 0.15) is 47.8 Å². The summed E-state index contributed by atoms with van der Waals surface area (Å²) in [5.74, 6) is -1.10. The average Bonchev–Trinajstić information content (AvgIpc) is 2.76. The maximum Gasteiger partial charge on any atom is 0.187 e. The predicted molar refractivity (Wildman–Crippen MR) is 105 cm³/mol. The number of phenols is 4. The molecule has 0 saturated carbocycles. The second-order valence-electron chi connectivity index (χ2n) is 7.80. The van der Waals surface area contributed by atoms with E-state index < -0.39 is 55.3 Å². The van der Waals surface area contributed by atoms with E-state index >= 15 is 0 Å². The molecule has 8 N–H and O–H groups in total. The van der Waals surface area contributed by atoms with Crippen LogP contribution in [-0.2, 0) is 15.9 Å². The van der Waals surface area contributed by atoms with Crippen LogP contribution in [0.5, 0.6) is 28.7 Å². The summed E-state index contributed by atoms with van der Waals surface area (Å²) >= 11 is 0. The van der Waals surface area contributed by atoms with E-state index in [4.69, 9.17) is 14.2 Å². The smallest absolute Gasteiger partial charge is 0.187 e. The standard InChI is InChI=1S/C21H24O11/c22-7-16-17(27)18(28)19(29)21(32-16)31-15-6-10-12(25)4-9(23)5-14(10)30-20(15)8-1-2-11(24)13(26)3-8/h1-5,15-29H,6-7H2/t15-,16-,17-,18+,19+,20-,21?/m1/s1. The fourth-order valence-electron chi connectivity index (χ4n) is 3.92. The second-order valence-corrected chi connectivity index (χ2v) is 7.80. The van der Waals surface area contributed by atoms with Crippen molar-refractivity contribution < 1.29 is 55.1 Å². The van der Waals surface area contributed by atoms with E-state index in [1.54, 1.807) is 0 Å². The van der Waals surface area contributed by atoms with Crippen LogP contribution in [-0.4, -0.2) is 84.3 Å². The van der Waals surface area contributed by atoms with Crippen LogP contribution in [0.4, 0.5) is 0 Å². The Balaban J connectivity index is 1.68. The van der Waals surface area contributed by atoms with Gasteiger partial charge in [-0.3, -0.25) is 0 Å². The number of ether oxygens (including phenoxy) is 3. The van der Waals surface area contributed by atoms with E-state index in [1.807, 2.05) is 0 Å². The Labute approximate surface area is 181 Å². The summed E-state index contributed by atoms with van der Waals surface area (Å²) in [4.78, 5) is 0. The monoisotopic (exact) mass is 452 g/mol. The van der Waals surface area contributed by atoms with E-state index in [-0.39, 0.29) is 29.4 Å². The van der Waals surface area contributed by atoms with Crippen molar-refractivity contribution >= 4 is 0 Å². The Morgan fingerprint density at radius 2 is 1.62 bits per heavy atom. The minimum Gasteiger partial charge on any atom is -0.508 e. The number of phenolic OH excluding ortho intramolecular Hbond substituents is 4. The van der Waals surface area contributed by atoms with Crippen LogP contribution in [0.2, 0.25) is 0 Å². The number of aliphatic hydroxyl groups is 4. The van der Waals surface area contributed by atoms with Crippen molar-refractivity contribution in [2.24, 2.45) is 0 Å². The molecule has 1 saturated heterocycles. The van der Waals surface area contributed by atoms with Crippen molar-refractivity contribution in [3.05, 3.63) is 41.5 Å². The molecule has 2 aromatic rings. The fraction of sp³-hybridized carbons (Fsp3) is 0.429. The third kappa shape index (κ3) is 4.01. The summed E-state index contributed by atoms with van der Waals surface area (Å²) in [6, 6.07) is 6.38. The molecule has 174 valence electrons. The first kappa shape index (κ1) is 22.4. The normalized spacial score (nSPS) is 32.2. The van der Waals surface area contributed by atoms with E-state index in [1.165, 1.54) is 24.3 Å². The summed E-state index contributed by atoms with van der Waals surface area (Å²) < 4.78 is 17.2. The summed E-state index contributed by atoms with van der Waals surface area (Å²) in [5.41, 5.74) is 0.667. The average molecular weight is 452 g/mol. The number of hydrogen-bond acceptors (Lipinski definition) is 11. The lowest BCUT2D eigenvalue weighted by atomic mass is 9.93. The Hall–Kier alpha value is -2.80. The maximum absolute atomic E-state index is 10.3. The Morgan fingerprint density at radius 3 is 2.31 bits per heavy atom. The number of fused-ring (bicyclic) bond motifs is 1. The zero-order valence-corrected chi connectivity index (χ0v) is 16.6. The van der Waals surface area contributed by atoms with E-state index in [0.29, 0.717) is 11.1 Å². The lowest BCUT2D eigenvalue weighted by Gasteiger charge is -2.43. The van der Waals surface area contributed by atoms with Gasteiger partial charge in [0, 0.05) is 24.1 Å². The first-order chi connectivity index (χ1) is 15.2. The van der Waals surface area contributed by atoms with Crippen molar-refractivity contribution in [2.45, 2.75) is 49.3 Å². The van der Waals surface area contributed by atoms with Gasteiger partial charge in [0.05, 0.1) is 6.61 Å². The molecule has 2 aliphatic heterocycles.